The first kappa shape index (κ1) is 8.69. The molecule has 2 aromatic rings. The van der Waals surface area contributed by atoms with Crippen molar-refractivity contribution in [1.82, 2.24) is 0 Å². The van der Waals surface area contributed by atoms with Gasteiger partial charge in [-0.1, -0.05) is 18.7 Å². The number of ketones is 1. The predicted molar refractivity (Wildman–Crippen MR) is 50.7 cm³/mol. The first-order chi connectivity index (χ1) is 6.72. The highest BCUT2D eigenvalue weighted by Gasteiger charge is 2.11. The number of allylic oxidation sites excluding steroid dienone is 1. The zero-order valence-corrected chi connectivity index (χ0v) is 7.29. The second-order valence-corrected chi connectivity index (χ2v) is 2.84. The van der Waals surface area contributed by atoms with E-state index in [2.05, 4.69) is 6.58 Å². The Labute approximate surface area is 79.6 Å². The first-order valence-corrected chi connectivity index (χ1v) is 4.07. The molecular formula is C11H7FO2. The Bertz CT molecular complexity index is 511. The van der Waals surface area contributed by atoms with Gasteiger partial charge < -0.3 is 4.42 Å². The van der Waals surface area contributed by atoms with Gasteiger partial charge in [-0.25, -0.2) is 4.39 Å². The lowest BCUT2D eigenvalue weighted by molar-refractivity contribution is 0.102. The fraction of sp³-hybridized carbons (Fsp3) is 0. The monoisotopic (exact) mass is 190 g/mol. The number of rotatable bonds is 2. The highest BCUT2D eigenvalue weighted by Crippen LogP contribution is 2.22. The minimum atomic E-state index is -0.467. The summed E-state index contributed by atoms with van der Waals surface area (Å²) in [6.07, 6.45) is 1.13. The molecule has 0 aliphatic rings. The molecule has 0 fully saturated rings. The van der Waals surface area contributed by atoms with Crippen molar-refractivity contribution >= 4 is 16.8 Å². The fourth-order valence-corrected chi connectivity index (χ4v) is 1.25. The number of hydrogen-bond donors (Lipinski definition) is 0. The van der Waals surface area contributed by atoms with Gasteiger partial charge in [0.1, 0.15) is 0 Å². The van der Waals surface area contributed by atoms with Crippen LogP contribution in [0.15, 0.2) is 41.3 Å². The number of fused-ring (bicyclic) bond motifs is 1. The molecule has 2 rings (SSSR count). The van der Waals surface area contributed by atoms with Crippen molar-refractivity contribution in [1.29, 1.82) is 0 Å². The SMILES string of the molecule is C=CC(=O)c1cc2cccc(F)c2o1. The molecule has 0 spiro atoms. The van der Waals surface area contributed by atoms with Crippen LogP contribution in [-0.4, -0.2) is 5.78 Å². The van der Waals surface area contributed by atoms with Crippen molar-refractivity contribution < 1.29 is 13.6 Å². The molecule has 0 radical (unpaired) electrons. The van der Waals surface area contributed by atoms with Crippen molar-refractivity contribution in [3.8, 4) is 0 Å². The summed E-state index contributed by atoms with van der Waals surface area (Å²) in [4.78, 5) is 11.2. The van der Waals surface area contributed by atoms with Gasteiger partial charge in [0.2, 0.25) is 5.78 Å². The van der Waals surface area contributed by atoms with Crippen molar-refractivity contribution in [2.24, 2.45) is 0 Å². The Morgan fingerprint density at radius 1 is 1.50 bits per heavy atom. The summed E-state index contributed by atoms with van der Waals surface area (Å²) in [6.45, 7) is 3.33. The fourth-order valence-electron chi connectivity index (χ4n) is 1.25. The molecule has 0 aliphatic carbocycles. The molecule has 0 atom stereocenters. The molecule has 0 saturated carbocycles. The van der Waals surface area contributed by atoms with Gasteiger partial charge in [0.05, 0.1) is 0 Å². The van der Waals surface area contributed by atoms with E-state index in [1.165, 1.54) is 12.1 Å². The van der Waals surface area contributed by atoms with Crippen LogP contribution < -0.4 is 0 Å². The quantitative estimate of drug-likeness (QED) is 0.538. The number of furan rings is 1. The molecule has 1 heterocycles. The zero-order chi connectivity index (χ0) is 10.1. The highest BCUT2D eigenvalue weighted by molar-refractivity contribution is 6.04. The minimum absolute atomic E-state index is 0.109. The standard InChI is InChI=1S/C11H7FO2/c1-2-9(13)10-6-7-4-3-5-8(12)11(7)14-10/h2-6H,1H2. The third kappa shape index (κ3) is 1.23. The predicted octanol–water partition coefficient (Wildman–Crippen LogP) is 2.94. The van der Waals surface area contributed by atoms with E-state index in [1.54, 1.807) is 12.1 Å². The van der Waals surface area contributed by atoms with Crippen molar-refractivity contribution in [3.63, 3.8) is 0 Å². The summed E-state index contributed by atoms with van der Waals surface area (Å²) in [5.74, 6) is -0.702. The molecule has 3 heteroatoms. The van der Waals surface area contributed by atoms with E-state index in [0.29, 0.717) is 5.39 Å². The molecule has 2 nitrogen and oxygen atoms in total. The summed E-state index contributed by atoms with van der Waals surface area (Å²) in [7, 11) is 0. The van der Waals surface area contributed by atoms with Crippen LogP contribution >= 0.6 is 0 Å². The summed E-state index contributed by atoms with van der Waals surface area (Å²) < 4.78 is 18.2. The van der Waals surface area contributed by atoms with Crippen molar-refractivity contribution in [2.75, 3.05) is 0 Å². The topological polar surface area (TPSA) is 30.2 Å². The van der Waals surface area contributed by atoms with E-state index < -0.39 is 5.82 Å². The van der Waals surface area contributed by atoms with Crippen LogP contribution in [0.1, 0.15) is 10.6 Å². The van der Waals surface area contributed by atoms with Crippen LogP contribution in [0.3, 0.4) is 0 Å². The molecule has 70 valence electrons. The highest BCUT2D eigenvalue weighted by atomic mass is 19.1. The van der Waals surface area contributed by atoms with Crippen LogP contribution in [-0.2, 0) is 0 Å². The number of halogens is 1. The Hall–Kier alpha value is -1.90. The van der Waals surface area contributed by atoms with Gasteiger partial charge >= 0.3 is 0 Å². The van der Waals surface area contributed by atoms with E-state index >= 15 is 0 Å². The molecule has 0 saturated heterocycles. The van der Waals surface area contributed by atoms with Crippen LogP contribution in [0.25, 0.3) is 11.0 Å². The largest absolute Gasteiger partial charge is 0.450 e. The van der Waals surface area contributed by atoms with Gasteiger partial charge in [-0.3, -0.25) is 4.79 Å². The maximum absolute atomic E-state index is 13.1. The maximum Gasteiger partial charge on any atom is 0.220 e. The molecule has 0 N–H and O–H groups in total. The molecule has 0 bridgehead atoms. The molecule has 1 aromatic heterocycles. The second kappa shape index (κ2) is 3.10. The smallest absolute Gasteiger partial charge is 0.220 e. The van der Waals surface area contributed by atoms with Gasteiger partial charge in [0.25, 0.3) is 0 Å². The van der Waals surface area contributed by atoms with Crippen molar-refractivity contribution in [3.05, 3.63) is 48.5 Å². The van der Waals surface area contributed by atoms with E-state index in [-0.39, 0.29) is 17.1 Å². The van der Waals surface area contributed by atoms with E-state index in [4.69, 9.17) is 4.42 Å². The second-order valence-electron chi connectivity index (χ2n) is 2.84. The lowest BCUT2D eigenvalue weighted by atomic mass is 10.2. The molecule has 0 amide bonds. The van der Waals surface area contributed by atoms with E-state index in [9.17, 15) is 9.18 Å². The van der Waals surface area contributed by atoms with Crippen molar-refractivity contribution in [2.45, 2.75) is 0 Å². The van der Waals surface area contributed by atoms with E-state index in [1.807, 2.05) is 0 Å². The molecule has 1 aromatic carbocycles. The Kier molecular flexibility index (Phi) is 1.93. The number of carbonyl (C=O) groups is 1. The van der Waals surface area contributed by atoms with Gasteiger partial charge in [-0.2, -0.15) is 0 Å². The number of benzene rings is 1. The third-order valence-corrected chi connectivity index (χ3v) is 1.92. The Morgan fingerprint density at radius 3 is 2.93 bits per heavy atom. The number of hydrogen-bond acceptors (Lipinski definition) is 2. The normalized spacial score (nSPS) is 10.4. The number of para-hydroxylation sites is 1. The van der Waals surface area contributed by atoms with Crippen LogP contribution in [0.2, 0.25) is 0 Å². The van der Waals surface area contributed by atoms with Crippen LogP contribution in [0, 0.1) is 5.82 Å². The summed E-state index contributed by atoms with van der Waals surface area (Å²) in [5.41, 5.74) is 0.109. The number of carbonyl (C=O) groups excluding carboxylic acids is 1. The lowest BCUT2D eigenvalue weighted by Crippen LogP contribution is -1.88. The average molecular weight is 190 g/mol. The first-order valence-electron chi connectivity index (χ1n) is 4.07. The maximum atomic E-state index is 13.1. The van der Waals surface area contributed by atoms with Crippen LogP contribution in [0.5, 0.6) is 0 Å². The molecule has 0 unspecified atom stereocenters. The van der Waals surface area contributed by atoms with Gasteiger partial charge in [0, 0.05) is 5.39 Å². The summed E-state index contributed by atoms with van der Waals surface area (Å²) in [5, 5.41) is 0.579. The van der Waals surface area contributed by atoms with Gasteiger partial charge in [-0.15, -0.1) is 0 Å². The van der Waals surface area contributed by atoms with Gasteiger partial charge in [-0.05, 0) is 18.2 Å². The molecule has 0 aliphatic heterocycles. The average Bonchev–Trinajstić information content (AvgIpc) is 2.62. The van der Waals surface area contributed by atoms with Gasteiger partial charge in [0.15, 0.2) is 17.2 Å². The third-order valence-electron chi connectivity index (χ3n) is 1.92. The molecule has 14 heavy (non-hydrogen) atoms. The Balaban J connectivity index is 2.68. The lowest BCUT2D eigenvalue weighted by Gasteiger charge is -1.88. The molecular weight excluding hydrogens is 183 g/mol. The van der Waals surface area contributed by atoms with E-state index in [0.717, 1.165) is 6.08 Å². The Morgan fingerprint density at radius 2 is 2.29 bits per heavy atom. The zero-order valence-electron chi connectivity index (χ0n) is 7.29. The minimum Gasteiger partial charge on any atom is -0.450 e. The summed E-state index contributed by atoms with van der Waals surface area (Å²) >= 11 is 0. The summed E-state index contributed by atoms with van der Waals surface area (Å²) in [6, 6.07) is 6.04. The van der Waals surface area contributed by atoms with Crippen LogP contribution in [0.4, 0.5) is 4.39 Å².